The van der Waals surface area contributed by atoms with E-state index in [1.807, 2.05) is 0 Å². The van der Waals surface area contributed by atoms with Crippen molar-refractivity contribution >= 4 is 45.0 Å². The first-order chi connectivity index (χ1) is 10.8. The summed E-state index contributed by atoms with van der Waals surface area (Å²) in [4.78, 5) is 16.8. The number of nitrogens with zero attached hydrogens (tertiary/aromatic N) is 3. The zero-order valence-corrected chi connectivity index (χ0v) is 15.5. The maximum atomic E-state index is 13.1. The molecule has 0 unspecified atom stereocenters. The highest BCUT2D eigenvalue weighted by atomic mass is 79.9. The van der Waals surface area contributed by atoms with Crippen LogP contribution in [-0.4, -0.2) is 28.1 Å². The number of imidazole rings is 1. The second-order valence-electron chi connectivity index (χ2n) is 5.99. The summed E-state index contributed by atoms with van der Waals surface area (Å²) in [5, 5.41) is -0.594. The first-order valence-electron chi connectivity index (χ1n) is 6.73. The van der Waals surface area contributed by atoms with Gasteiger partial charge >= 0.3 is 12.3 Å². The van der Waals surface area contributed by atoms with E-state index in [1.165, 1.54) is 19.2 Å². The first kappa shape index (κ1) is 18.9. The molecule has 0 aliphatic heterocycles. The largest absolute Gasteiger partial charge is 0.443 e. The van der Waals surface area contributed by atoms with Gasteiger partial charge in [-0.05, 0) is 48.8 Å². The molecule has 0 aliphatic rings. The Morgan fingerprint density at radius 1 is 1.33 bits per heavy atom. The monoisotopic (exact) mass is 427 g/mol. The second-order valence-corrected chi connectivity index (χ2v) is 7.16. The average molecular weight is 429 g/mol. The number of fused-ring (bicyclic) bond motifs is 1. The van der Waals surface area contributed by atoms with Crippen LogP contribution in [0.3, 0.4) is 0 Å². The van der Waals surface area contributed by atoms with E-state index < -0.39 is 28.7 Å². The summed E-state index contributed by atoms with van der Waals surface area (Å²) >= 11 is 8.96. The summed E-state index contributed by atoms with van der Waals surface area (Å²) in [6.45, 7) is 5.05. The van der Waals surface area contributed by atoms with Crippen molar-refractivity contribution in [2.24, 2.45) is 0 Å². The number of anilines is 1. The Morgan fingerprint density at radius 2 is 1.92 bits per heavy atom. The summed E-state index contributed by atoms with van der Waals surface area (Å²) in [6.07, 6.45) is -5.44. The molecule has 0 radical (unpaired) electrons. The quantitative estimate of drug-likeness (QED) is 0.591. The van der Waals surface area contributed by atoms with Crippen molar-refractivity contribution in [1.82, 2.24) is 9.38 Å². The molecule has 0 spiro atoms. The van der Waals surface area contributed by atoms with E-state index in [-0.39, 0.29) is 15.9 Å². The van der Waals surface area contributed by atoms with Crippen LogP contribution in [0.25, 0.3) is 5.65 Å². The number of alkyl halides is 3. The predicted molar refractivity (Wildman–Crippen MR) is 87.5 cm³/mol. The number of aromatic nitrogens is 2. The molecule has 132 valence electrons. The van der Waals surface area contributed by atoms with Gasteiger partial charge in [0, 0.05) is 7.05 Å². The predicted octanol–water partition coefficient (Wildman–Crippen LogP) is 5.14. The highest BCUT2D eigenvalue weighted by Crippen LogP contribution is 2.38. The van der Waals surface area contributed by atoms with E-state index in [0.717, 1.165) is 9.30 Å². The lowest BCUT2D eigenvalue weighted by Gasteiger charge is -2.25. The summed E-state index contributed by atoms with van der Waals surface area (Å²) in [7, 11) is 1.38. The average Bonchev–Trinajstić information content (AvgIpc) is 2.75. The number of rotatable bonds is 1. The van der Waals surface area contributed by atoms with Gasteiger partial charge in [0.15, 0.2) is 11.3 Å². The Bertz CT molecular complexity index is 799. The molecular weight excluding hydrogens is 415 g/mol. The van der Waals surface area contributed by atoms with E-state index >= 15 is 0 Å². The minimum atomic E-state index is -4.72. The highest BCUT2D eigenvalue weighted by molar-refractivity contribution is 9.10. The summed E-state index contributed by atoms with van der Waals surface area (Å²) in [5.74, 6) is 0. The van der Waals surface area contributed by atoms with Crippen LogP contribution >= 0.6 is 27.5 Å². The van der Waals surface area contributed by atoms with Crippen LogP contribution in [0.2, 0.25) is 5.15 Å². The van der Waals surface area contributed by atoms with Crippen molar-refractivity contribution in [3.8, 4) is 0 Å². The molecule has 2 rings (SSSR count). The molecule has 10 heteroatoms. The fourth-order valence-electron chi connectivity index (χ4n) is 1.94. The van der Waals surface area contributed by atoms with Gasteiger partial charge in [0.2, 0.25) is 0 Å². The Labute approximate surface area is 149 Å². The Kier molecular flexibility index (Phi) is 4.80. The molecule has 2 heterocycles. The van der Waals surface area contributed by atoms with Gasteiger partial charge in [-0.25, -0.2) is 9.78 Å². The maximum absolute atomic E-state index is 13.1. The number of hydrogen-bond donors (Lipinski definition) is 0. The van der Waals surface area contributed by atoms with Gasteiger partial charge in [-0.3, -0.25) is 9.30 Å². The van der Waals surface area contributed by atoms with Crippen molar-refractivity contribution < 1.29 is 22.7 Å². The lowest BCUT2D eigenvalue weighted by molar-refractivity contribution is -0.140. The van der Waals surface area contributed by atoms with Crippen LogP contribution in [0.4, 0.5) is 23.7 Å². The van der Waals surface area contributed by atoms with Crippen LogP contribution in [-0.2, 0) is 10.9 Å². The smallest absolute Gasteiger partial charge is 0.436 e. The zero-order chi connectivity index (χ0) is 18.4. The van der Waals surface area contributed by atoms with E-state index in [9.17, 15) is 18.0 Å². The highest BCUT2D eigenvalue weighted by Gasteiger charge is 2.38. The number of amides is 1. The second kappa shape index (κ2) is 6.11. The fraction of sp³-hybridized carbons (Fsp3) is 0.429. The van der Waals surface area contributed by atoms with Gasteiger partial charge in [0.25, 0.3) is 0 Å². The summed E-state index contributed by atoms with van der Waals surface area (Å²) in [5.41, 5.74) is -1.96. The first-order valence-corrected chi connectivity index (χ1v) is 7.90. The minimum Gasteiger partial charge on any atom is -0.443 e. The minimum absolute atomic E-state index is 0.116. The molecule has 1 amide bonds. The molecule has 0 atom stereocenters. The molecule has 5 nitrogen and oxygen atoms in total. The molecule has 24 heavy (non-hydrogen) atoms. The zero-order valence-electron chi connectivity index (χ0n) is 13.2. The maximum Gasteiger partial charge on any atom is 0.436 e. The fourth-order valence-corrected chi connectivity index (χ4v) is 2.84. The number of carbonyl (C=O) groups excluding carboxylic acids is 1. The molecule has 0 bridgehead atoms. The number of hydrogen-bond acceptors (Lipinski definition) is 3. The van der Waals surface area contributed by atoms with Gasteiger partial charge in [-0.2, -0.15) is 13.2 Å². The van der Waals surface area contributed by atoms with Crippen LogP contribution in [0, 0.1) is 0 Å². The van der Waals surface area contributed by atoms with Gasteiger partial charge in [-0.1, -0.05) is 11.6 Å². The lowest BCUT2D eigenvalue weighted by atomic mass is 10.2. The van der Waals surface area contributed by atoms with Crippen molar-refractivity contribution in [3.63, 3.8) is 0 Å². The van der Waals surface area contributed by atoms with Crippen molar-refractivity contribution in [1.29, 1.82) is 0 Å². The van der Waals surface area contributed by atoms with Crippen LogP contribution < -0.4 is 4.90 Å². The lowest BCUT2D eigenvalue weighted by Crippen LogP contribution is -2.34. The van der Waals surface area contributed by atoms with Gasteiger partial charge in [0.1, 0.15) is 10.8 Å². The number of ether oxygens (including phenoxy) is 1. The van der Waals surface area contributed by atoms with E-state index in [2.05, 4.69) is 20.9 Å². The van der Waals surface area contributed by atoms with Crippen LogP contribution in [0.1, 0.15) is 26.5 Å². The SMILES string of the molecule is CN(C(=O)OC(C)(C)C)c1ccc(Br)n2c(Cl)c(C(F)(F)F)nc12. The molecule has 0 N–H and O–H groups in total. The van der Waals surface area contributed by atoms with Gasteiger partial charge < -0.3 is 4.74 Å². The molecule has 2 aromatic heterocycles. The van der Waals surface area contributed by atoms with E-state index in [0.29, 0.717) is 0 Å². The van der Waals surface area contributed by atoms with Crippen molar-refractivity contribution in [2.75, 3.05) is 11.9 Å². The standard InChI is InChI=1S/C14H14BrClF3N3O2/c1-13(2,3)24-12(23)21(4)7-5-6-8(15)22-10(16)9(14(17,18)19)20-11(7)22/h5-6H,1-4H3. The number of halogens is 5. The van der Waals surface area contributed by atoms with Crippen LogP contribution in [0.5, 0.6) is 0 Å². The molecule has 0 fully saturated rings. The van der Waals surface area contributed by atoms with E-state index in [4.69, 9.17) is 16.3 Å². The molecule has 0 saturated carbocycles. The molecule has 2 aromatic rings. The summed E-state index contributed by atoms with van der Waals surface area (Å²) < 4.78 is 45.7. The Morgan fingerprint density at radius 3 is 2.42 bits per heavy atom. The Balaban J connectivity index is 2.60. The Hall–Kier alpha value is -1.48. The molecule has 0 aliphatic carbocycles. The molecular formula is C14H14BrClF3N3O2. The van der Waals surface area contributed by atoms with Crippen LogP contribution in [0.15, 0.2) is 16.7 Å². The van der Waals surface area contributed by atoms with E-state index in [1.54, 1.807) is 20.8 Å². The van der Waals surface area contributed by atoms with Crippen molar-refractivity contribution in [3.05, 3.63) is 27.6 Å². The third-order valence-electron chi connectivity index (χ3n) is 2.94. The van der Waals surface area contributed by atoms with Crippen molar-refractivity contribution in [2.45, 2.75) is 32.5 Å². The molecule has 0 aromatic carbocycles. The number of carbonyl (C=O) groups is 1. The van der Waals surface area contributed by atoms with Gasteiger partial charge in [0.05, 0.1) is 10.3 Å². The van der Waals surface area contributed by atoms with Gasteiger partial charge in [-0.15, -0.1) is 0 Å². The normalized spacial score (nSPS) is 12.5. The molecule has 0 saturated heterocycles. The third kappa shape index (κ3) is 3.61. The third-order valence-corrected chi connectivity index (χ3v) is 3.91. The topological polar surface area (TPSA) is 46.8 Å². The summed E-state index contributed by atoms with van der Waals surface area (Å²) in [6, 6.07) is 2.92. The number of pyridine rings is 1.